The number of aliphatic imine (C=N–C) groups is 1. The Morgan fingerprint density at radius 2 is 1.41 bits per heavy atom. The molecular formula is C34H61N11O9S2. The Labute approximate surface area is 335 Å². The third-order valence-electron chi connectivity index (χ3n) is 8.32. The number of nitrogens with two attached hydrogens (primary N) is 3. The molecule has 22 heteroatoms. The average molecular weight is 832 g/mol. The van der Waals surface area contributed by atoms with E-state index >= 15 is 0 Å². The first-order valence-corrected chi connectivity index (χ1v) is 21.1. The highest BCUT2D eigenvalue weighted by atomic mass is 33.1. The predicted molar refractivity (Wildman–Crippen MR) is 215 cm³/mol. The van der Waals surface area contributed by atoms with Crippen LogP contribution in [-0.2, 0) is 38.4 Å². The minimum atomic E-state index is -1.29. The van der Waals surface area contributed by atoms with Gasteiger partial charge in [-0.2, -0.15) is 0 Å². The van der Waals surface area contributed by atoms with Crippen LogP contribution in [0.1, 0.15) is 80.6 Å². The molecule has 0 aromatic rings. The molecule has 0 spiro atoms. The number of guanidine groups is 1. The van der Waals surface area contributed by atoms with Gasteiger partial charge in [0, 0.05) is 18.1 Å². The number of amides is 7. The monoisotopic (exact) mass is 831 g/mol. The fourth-order valence-electron chi connectivity index (χ4n) is 5.19. The van der Waals surface area contributed by atoms with Crippen molar-refractivity contribution in [2.75, 3.05) is 18.1 Å². The second-order valence-corrected chi connectivity index (χ2v) is 16.9. The molecule has 20 nitrogen and oxygen atoms in total. The van der Waals surface area contributed by atoms with Gasteiger partial charge in [-0.1, -0.05) is 56.2 Å². The maximum absolute atomic E-state index is 13.9. The molecule has 318 valence electrons. The Balaban J connectivity index is 3.30. The zero-order chi connectivity index (χ0) is 42.7. The Hall–Kier alpha value is -4.31. The van der Waals surface area contributed by atoms with Crippen molar-refractivity contribution in [3.8, 4) is 0 Å². The summed E-state index contributed by atoms with van der Waals surface area (Å²) in [5.41, 5.74) is 16.6. The van der Waals surface area contributed by atoms with E-state index in [1.54, 1.807) is 6.92 Å². The van der Waals surface area contributed by atoms with Crippen molar-refractivity contribution < 1.29 is 43.5 Å². The molecule has 56 heavy (non-hydrogen) atoms. The molecule has 0 aliphatic carbocycles. The fourth-order valence-corrected chi connectivity index (χ4v) is 7.48. The van der Waals surface area contributed by atoms with Crippen LogP contribution >= 0.6 is 21.6 Å². The van der Waals surface area contributed by atoms with Crippen LogP contribution in [0.5, 0.6) is 0 Å². The highest BCUT2D eigenvalue weighted by molar-refractivity contribution is 8.76. The summed E-state index contributed by atoms with van der Waals surface area (Å²) >= 11 is 0. The van der Waals surface area contributed by atoms with Crippen molar-refractivity contribution in [3.63, 3.8) is 0 Å². The lowest BCUT2D eigenvalue weighted by Crippen LogP contribution is -2.60. The third kappa shape index (κ3) is 18.5. The van der Waals surface area contributed by atoms with E-state index in [9.17, 15) is 43.5 Å². The highest BCUT2D eigenvalue weighted by Crippen LogP contribution is 2.23. The van der Waals surface area contributed by atoms with Gasteiger partial charge in [-0.3, -0.25) is 38.6 Å². The van der Waals surface area contributed by atoms with Crippen LogP contribution in [-0.4, -0.2) is 125 Å². The third-order valence-corrected chi connectivity index (χ3v) is 10.8. The summed E-state index contributed by atoms with van der Waals surface area (Å²) < 4.78 is 0. The molecule has 0 bridgehead atoms. The molecule has 0 radical (unpaired) electrons. The van der Waals surface area contributed by atoms with Gasteiger partial charge in [-0.25, -0.2) is 4.79 Å². The molecule has 8 atom stereocenters. The molecule has 1 fully saturated rings. The zero-order valence-corrected chi connectivity index (χ0v) is 34.8. The van der Waals surface area contributed by atoms with Crippen LogP contribution in [0.3, 0.4) is 0 Å². The molecular weight excluding hydrogens is 771 g/mol. The van der Waals surface area contributed by atoms with Crippen LogP contribution in [0.25, 0.3) is 0 Å². The van der Waals surface area contributed by atoms with Crippen LogP contribution in [0.2, 0.25) is 0 Å². The van der Waals surface area contributed by atoms with Crippen LogP contribution in [0, 0.1) is 11.8 Å². The molecule has 1 aliphatic heterocycles. The normalized spacial score (nSPS) is 23.2. The number of nitrogens with zero attached hydrogens (tertiary/aromatic N) is 1. The molecule has 0 aromatic carbocycles. The summed E-state index contributed by atoms with van der Waals surface area (Å²) in [4.78, 5) is 109. The summed E-state index contributed by atoms with van der Waals surface area (Å²) in [5.74, 6) is -6.37. The second-order valence-electron chi connectivity index (χ2n) is 14.4. The first kappa shape index (κ1) is 49.7. The van der Waals surface area contributed by atoms with Crippen molar-refractivity contribution >= 4 is 74.9 Å². The second kappa shape index (κ2) is 25.0. The summed E-state index contributed by atoms with van der Waals surface area (Å²) in [6, 6.07) is -9.07. The van der Waals surface area contributed by atoms with Crippen molar-refractivity contribution in [2.45, 2.75) is 129 Å². The van der Waals surface area contributed by atoms with Crippen molar-refractivity contribution in [2.24, 2.45) is 34.0 Å². The van der Waals surface area contributed by atoms with E-state index in [4.69, 9.17) is 17.2 Å². The minimum absolute atomic E-state index is 0.0176. The summed E-state index contributed by atoms with van der Waals surface area (Å²) in [5, 5.41) is 27.7. The molecule has 7 amide bonds. The molecule has 1 saturated heterocycles. The standard InChI is InChI=1S/C34H61N11O9S2/c1-8-21-29(49)43-24(13-17(4)5)31(51)45-25(15-56-55-14-20(35)28(48)39-18(6)26(46)41-21)32(52)44-23(12-16(2)3)30(50)40-19(7)27(47)42-22(33(53)54)10-9-11-38-34(36)37/h16-25H,8-15,35H2,1-7H3,(H,39,48)(H,40,50)(H,41,46)(H,42,47)(H,43,49)(H,44,52)(H,45,51)(H,53,54)(H4,36,37,38)/t18-,19-,20-,21-,22-,23-,24-,25-/m0/s1. The number of carbonyl (C=O) groups is 8. The molecule has 0 saturated carbocycles. The number of aliphatic carboxylic acids is 1. The molecule has 1 rings (SSSR count). The molecule has 0 aromatic heterocycles. The van der Waals surface area contributed by atoms with Gasteiger partial charge in [-0.05, 0) is 57.8 Å². The quantitative estimate of drug-likeness (QED) is 0.0340. The lowest BCUT2D eigenvalue weighted by Gasteiger charge is -2.28. The number of carboxylic acid groups (broad SMARTS) is 1. The lowest BCUT2D eigenvalue weighted by molar-refractivity contribution is -0.142. The number of rotatable bonds is 16. The highest BCUT2D eigenvalue weighted by Gasteiger charge is 2.34. The largest absolute Gasteiger partial charge is 0.480 e. The van der Waals surface area contributed by atoms with Gasteiger partial charge in [-0.15, -0.1) is 0 Å². The summed E-state index contributed by atoms with van der Waals surface area (Å²) in [7, 11) is 2.29. The Morgan fingerprint density at radius 3 is 1.98 bits per heavy atom. The molecule has 0 unspecified atom stereocenters. The molecule has 1 aliphatic rings. The first-order chi connectivity index (χ1) is 26.2. The van der Waals surface area contributed by atoms with E-state index in [-0.39, 0.29) is 67.9 Å². The fraction of sp³-hybridized carbons (Fsp3) is 0.735. The van der Waals surface area contributed by atoms with E-state index in [0.29, 0.717) is 0 Å². The van der Waals surface area contributed by atoms with E-state index < -0.39 is 95.7 Å². The first-order valence-electron chi connectivity index (χ1n) is 18.6. The van der Waals surface area contributed by atoms with Crippen LogP contribution in [0.15, 0.2) is 4.99 Å². The minimum Gasteiger partial charge on any atom is -0.480 e. The number of hydrogen-bond acceptors (Lipinski definition) is 12. The van der Waals surface area contributed by atoms with E-state index in [0.717, 1.165) is 21.6 Å². The van der Waals surface area contributed by atoms with Crippen LogP contribution in [0.4, 0.5) is 0 Å². The Kier molecular flexibility index (Phi) is 22.2. The van der Waals surface area contributed by atoms with E-state index in [2.05, 4.69) is 42.2 Å². The van der Waals surface area contributed by atoms with Gasteiger partial charge >= 0.3 is 5.97 Å². The SMILES string of the molecule is CC[C@@H]1NC(=O)[C@H](C)NC(=O)[C@@H](N)CSSC[C@@H](C(=O)N[C@@H](CC(C)C)C(=O)N[C@@H](C)C(=O)N[C@@H](CCCN=C(N)N)C(=O)O)NC(=O)[C@H](CC(C)C)NC1=O. The number of nitrogens with one attached hydrogen (secondary N) is 7. The lowest BCUT2D eigenvalue weighted by atomic mass is 10.0. The van der Waals surface area contributed by atoms with Crippen LogP contribution < -0.4 is 54.4 Å². The maximum atomic E-state index is 13.9. The van der Waals surface area contributed by atoms with Crippen molar-refractivity contribution in [1.29, 1.82) is 0 Å². The molecule has 1 heterocycles. The van der Waals surface area contributed by atoms with E-state index in [1.165, 1.54) is 13.8 Å². The van der Waals surface area contributed by atoms with Gasteiger partial charge in [0.2, 0.25) is 41.4 Å². The Morgan fingerprint density at radius 1 is 0.804 bits per heavy atom. The number of carbonyl (C=O) groups excluding carboxylic acids is 7. The van der Waals surface area contributed by atoms with E-state index in [1.807, 2.05) is 27.7 Å². The van der Waals surface area contributed by atoms with Gasteiger partial charge < -0.3 is 59.5 Å². The zero-order valence-electron chi connectivity index (χ0n) is 33.1. The van der Waals surface area contributed by atoms with Gasteiger partial charge in [0.25, 0.3) is 0 Å². The predicted octanol–water partition coefficient (Wildman–Crippen LogP) is -2.22. The number of carboxylic acids is 1. The van der Waals surface area contributed by atoms with Gasteiger partial charge in [0.1, 0.15) is 42.3 Å². The summed E-state index contributed by atoms with van der Waals surface area (Å²) in [6.45, 7) is 12.0. The van der Waals surface area contributed by atoms with Gasteiger partial charge in [0.05, 0.1) is 6.04 Å². The smallest absolute Gasteiger partial charge is 0.326 e. The topological polar surface area (TPSA) is 331 Å². The maximum Gasteiger partial charge on any atom is 0.326 e. The number of hydrogen-bond donors (Lipinski definition) is 11. The average Bonchev–Trinajstić information content (AvgIpc) is 3.10. The van der Waals surface area contributed by atoms with Crippen molar-refractivity contribution in [3.05, 3.63) is 0 Å². The summed E-state index contributed by atoms with van der Waals surface area (Å²) in [6.07, 6.45) is 0.777. The van der Waals surface area contributed by atoms with Crippen molar-refractivity contribution in [1.82, 2.24) is 37.2 Å². The van der Waals surface area contributed by atoms with Gasteiger partial charge in [0.15, 0.2) is 5.96 Å². The molecule has 14 N–H and O–H groups in total. The Bertz CT molecular complexity index is 1420.